The Kier molecular flexibility index (Phi) is 4.15. The molecule has 1 aliphatic heterocycles. The molecule has 1 aromatic rings. The van der Waals surface area contributed by atoms with E-state index in [1.165, 1.54) is 29.2 Å². The molecule has 0 radical (unpaired) electrons. The first-order valence-electron chi connectivity index (χ1n) is 6.20. The van der Waals surface area contributed by atoms with Gasteiger partial charge in [0.25, 0.3) is 0 Å². The number of hydrogen-bond donors (Lipinski definition) is 1. The largest absolute Gasteiger partial charge is 0.328 e. The van der Waals surface area contributed by atoms with Crippen LogP contribution >= 0.6 is 0 Å². The van der Waals surface area contributed by atoms with Crippen molar-refractivity contribution in [1.82, 2.24) is 5.32 Å². The Morgan fingerprint density at radius 1 is 1.33 bits per heavy atom. The standard InChI is InChI=1S/C14H11FN4O2/c15-10-1-3-12(4-2-10)19-8-9(5-13(19)20)14(21)18-11(6-16)7-17/h1-4,9,11H,5,8H2,(H,18,21). The van der Waals surface area contributed by atoms with Gasteiger partial charge in [-0.05, 0) is 24.3 Å². The van der Waals surface area contributed by atoms with Gasteiger partial charge in [-0.1, -0.05) is 0 Å². The second-order valence-corrected chi connectivity index (χ2v) is 4.58. The van der Waals surface area contributed by atoms with Crippen molar-refractivity contribution in [3.05, 3.63) is 30.1 Å². The number of nitrogens with one attached hydrogen (secondary N) is 1. The maximum atomic E-state index is 12.9. The van der Waals surface area contributed by atoms with Crippen LogP contribution in [-0.2, 0) is 9.59 Å². The zero-order chi connectivity index (χ0) is 15.4. The summed E-state index contributed by atoms with van der Waals surface area (Å²) in [6.45, 7) is 0.139. The molecule has 0 aliphatic carbocycles. The highest BCUT2D eigenvalue weighted by atomic mass is 19.1. The lowest BCUT2D eigenvalue weighted by molar-refractivity contribution is -0.126. The van der Waals surface area contributed by atoms with E-state index in [-0.39, 0.29) is 18.9 Å². The normalized spacial score (nSPS) is 17.4. The number of benzene rings is 1. The molecule has 2 rings (SSSR count). The average molecular weight is 286 g/mol. The highest BCUT2D eigenvalue weighted by Crippen LogP contribution is 2.25. The molecule has 1 saturated heterocycles. The van der Waals surface area contributed by atoms with Crippen molar-refractivity contribution in [2.75, 3.05) is 11.4 Å². The Morgan fingerprint density at radius 2 is 1.95 bits per heavy atom. The van der Waals surface area contributed by atoms with Gasteiger partial charge in [0, 0.05) is 18.7 Å². The number of carbonyl (C=O) groups is 2. The summed E-state index contributed by atoms with van der Waals surface area (Å²) in [5.41, 5.74) is 0.508. The number of nitrogens with zero attached hydrogens (tertiary/aromatic N) is 3. The van der Waals surface area contributed by atoms with Gasteiger partial charge in [0.15, 0.2) is 0 Å². The Morgan fingerprint density at radius 3 is 2.52 bits per heavy atom. The van der Waals surface area contributed by atoms with Crippen molar-refractivity contribution in [1.29, 1.82) is 10.5 Å². The van der Waals surface area contributed by atoms with E-state index < -0.39 is 23.7 Å². The number of amides is 2. The highest BCUT2D eigenvalue weighted by Gasteiger charge is 2.35. The molecular formula is C14H11FN4O2. The quantitative estimate of drug-likeness (QED) is 0.884. The maximum absolute atomic E-state index is 12.9. The fourth-order valence-electron chi connectivity index (χ4n) is 2.11. The monoisotopic (exact) mass is 286 g/mol. The predicted octanol–water partition coefficient (Wildman–Crippen LogP) is 0.711. The summed E-state index contributed by atoms with van der Waals surface area (Å²) < 4.78 is 12.9. The van der Waals surface area contributed by atoms with Crippen LogP contribution in [0.4, 0.5) is 10.1 Å². The summed E-state index contributed by atoms with van der Waals surface area (Å²) in [5, 5.41) is 19.5. The third-order valence-electron chi connectivity index (χ3n) is 3.18. The maximum Gasteiger partial charge on any atom is 0.227 e. The van der Waals surface area contributed by atoms with Crippen molar-refractivity contribution < 1.29 is 14.0 Å². The molecule has 1 N–H and O–H groups in total. The zero-order valence-corrected chi connectivity index (χ0v) is 10.9. The van der Waals surface area contributed by atoms with Gasteiger partial charge in [-0.3, -0.25) is 9.59 Å². The summed E-state index contributed by atoms with van der Waals surface area (Å²) >= 11 is 0. The first kappa shape index (κ1) is 14.5. The van der Waals surface area contributed by atoms with Gasteiger partial charge < -0.3 is 10.2 Å². The number of anilines is 1. The molecule has 21 heavy (non-hydrogen) atoms. The Balaban J connectivity index is 2.06. The van der Waals surface area contributed by atoms with Crippen molar-refractivity contribution in [3.8, 4) is 12.1 Å². The molecule has 1 aromatic carbocycles. The van der Waals surface area contributed by atoms with Gasteiger partial charge in [-0.25, -0.2) is 4.39 Å². The third kappa shape index (κ3) is 3.15. The molecule has 0 aromatic heterocycles. The molecule has 1 fully saturated rings. The highest BCUT2D eigenvalue weighted by molar-refractivity contribution is 6.00. The van der Waals surface area contributed by atoms with E-state index in [1.54, 1.807) is 12.1 Å². The lowest BCUT2D eigenvalue weighted by atomic mass is 10.1. The molecular weight excluding hydrogens is 275 g/mol. The van der Waals surface area contributed by atoms with Gasteiger partial charge in [0.05, 0.1) is 5.92 Å². The molecule has 0 saturated carbocycles. The molecule has 1 unspecified atom stereocenters. The van der Waals surface area contributed by atoms with E-state index in [0.29, 0.717) is 5.69 Å². The molecule has 1 atom stereocenters. The molecule has 2 amide bonds. The molecule has 0 spiro atoms. The van der Waals surface area contributed by atoms with Gasteiger partial charge in [-0.2, -0.15) is 10.5 Å². The topological polar surface area (TPSA) is 97.0 Å². The smallest absolute Gasteiger partial charge is 0.227 e. The van der Waals surface area contributed by atoms with Crippen molar-refractivity contribution >= 4 is 17.5 Å². The Labute approximate surface area is 120 Å². The van der Waals surface area contributed by atoms with Crippen LogP contribution in [0, 0.1) is 34.4 Å². The van der Waals surface area contributed by atoms with E-state index in [0.717, 1.165) is 0 Å². The Bertz CT molecular complexity index is 630. The SMILES string of the molecule is N#CC(C#N)NC(=O)C1CC(=O)N(c2ccc(F)cc2)C1. The first-order chi connectivity index (χ1) is 10.0. The fourth-order valence-corrected chi connectivity index (χ4v) is 2.11. The van der Waals surface area contributed by atoms with Crippen molar-refractivity contribution in [2.24, 2.45) is 5.92 Å². The van der Waals surface area contributed by atoms with Crippen LogP contribution in [0.25, 0.3) is 0 Å². The van der Waals surface area contributed by atoms with Crippen LogP contribution in [0.15, 0.2) is 24.3 Å². The van der Waals surface area contributed by atoms with Crippen molar-refractivity contribution in [3.63, 3.8) is 0 Å². The molecule has 7 heteroatoms. The summed E-state index contributed by atoms with van der Waals surface area (Å²) in [7, 11) is 0. The van der Waals surface area contributed by atoms with E-state index >= 15 is 0 Å². The number of nitriles is 2. The zero-order valence-electron chi connectivity index (χ0n) is 10.9. The molecule has 106 valence electrons. The number of hydrogen-bond acceptors (Lipinski definition) is 4. The number of halogens is 1. The first-order valence-corrected chi connectivity index (χ1v) is 6.20. The number of carbonyl (C=O) groups excluding carboxylic acids is 2. The van der Waals surface area contributed by atoms with Crippen LogP contribution in [0.5, 0.6) is 0 Å². The second kappa shape index (κ2) is 6.02. The minimum absolute atomic E-state index is 0.00716. The fraction of sp³-hybridized carbons (Fsp3) is 0.286. The number of rotatable bonds is 3. The third-order valence-corrected chi connectivity index (χ3v) is 3.18. The van der Waals surface area contributed by atoms with Crippen molar-refractivity contribution in [2.45, 2.75) is 12.5 Å². The van der Waals surface area contributed by atoms with Gasteiger partial charge in [0.1, 0.15) is 18.0 Å². The van der Waals surface area contributed by atoms with Gasteiger partial charge >= 0.3 is 0 Å². The Hall–Kier alpha value is -2.93. The van der Waals surface area contributed by atoms with Gasteiger partial charge in [0.2, 0.25) is 17.9 Å². The summed E-state index contributed by atoms with van der Waals surface area (Å²) in [6, 6.07) is 7.42. The van der Waals surface area contributed by atoms with Crippen LogP contribution in [-0.4, -0.2) is 24.4 Å². The lowest BCUT2D eigenvalue weighted by Crippen LogP contribution is -2.38. The van der Waals surface area contributed by atoms with E-state index in [9.17, 15) is 14.0 Å². The summed E-state index contributed by atoms with van der Waals surface area (Å²) in [5.74, 6) is -1.81. The molecule has 1 aliphatic rings. The van der Waals surface area contributed by atoms with Crippen LogP contribution in [0.2, 0.25) is 0 Å². The lowest BCUT2D eigenvalue weighted by Gasteiger charge is -2.16. The van der Waals surface area contributed by atoms with E-state index in [2.05, 4.69) is 5.32 Å². The average Bonchev–Trinajstić information content (AvgIpc) is 2.87. The van der Waals surface area contributed by atoms with Crippen LogP contribution < -0.4 is 10.2 Å². The molecule has 1 heterocycles. The predicted molar refractivity (Wildman–Crippen MR) is 70.0 cm³/mol. The van der Waals surface area contributed by atoms with Gasteiger partial charge in [-0.15, -0.1) is 0 Å². The minimum Gasteiger partial charge on any atom is -0.328 e. The van der Waals surface area contributed by atoms with E-state index in [4.69, 9.17) is 10.5 Å². The molecule has 0 bridgehead atoms. The molecule has 6 nitrogen and oxygen atoms in total. The summed E-state index contributed by atoms with van der Waals surface area (Å²) in [6.07, 6.45) is -0.00716. The minimum atomic E-state index is -1.23. The van der Waals surface area contributed by atoms with Crippen LogP contribution in [0.3, 0.4) is 0 Å². The van der Waals surface area contributed by atoms with Crippen LogP contribution in [0.1, 0.15) is 6.42 Å². The second-order valence-electron chi connectivity index (χ2n) is 4.58. The van der Waals surface area contributed by atoms with E-state index in [1.807, 2.05) is 0 Å². The summed E-state index contributed by atoms with van der Waals surface area (Å²) in [4.78, 5) is 25.2.